The Kier molecular flexibility index (Phi) is 39.0. The highest BCUT2D eigenvalue weighted by molar-refractivity contribution is 6.01. The number of halogens is 1. The van der Waals surface area contributed by atoms with Gasteiger partial charge in [0.15, 0.2) is 0 Å². The number of benzene rings is 4. The largest absolute Gasteiger partial charge is 0.481 e. The number of hydrogen-bond donors (Lipinski definition) is 18. The van der Waals surface area contributed by atoms with Crippen molar-refractivity contribution in [1.29, 1.82) is 0 Å². The van der Waals surface area contributed by atoms with E-state index in [9.17, 15) is 92.7 Å². The molecule has 1 saturated heterocycles. The highest BCUT2D eigenvalue weighted by atomic mass is 19.1. The van der Waals surface area contributed by atoms with Crippen LogP contribution in [0.15, 0.2) is 122 Å². The summed E-state index contributed by atoms with van der Waals surface area (Å²) in [6, 6.07) is 13.8. The summed E-state index contributed by atoms with van der Waals surface area (Å²) in [6.45, 7) is 2.39. The molecule has 37 nitrogen and oxygen atoms in total. The fourth-order valence-corrected chi connectivity index (χ4v) is 14.4. The monoisotopic (exact) mass is 1730 g/mol. The number of carboxylic acid groups (broad SMARTS) is 3. The van der Waals surface area contributed by atoms with Gasteiger partial charge in [0.25, 0.3) is 0 Å². The number of aryl methyl sites for hydroxylation is 1. The quantitative estimate of drug-likeness (QED) is 0.0242. The molecule has 11 amide bonds. The van der Waals surface area contributed by atoms with Gasteiger partial charge in [-0.2, -0.15) is 0 Å². The number of nitrogens with one attached hydrogen (secondary N) is 10. The molecule has 0 bridgehead atoms. The molecule has 1 aliphatic rings. The van der Waals surface area contributed by atoms with Crippen LogP contribution in [-0.4, -0.2) is 235 Å². The number of carbonyl (C=O) groups is 14. The molecule has 0 saturated carbocycles. The molecular weight excluding hydrogens is 1610 g/mol. The molecule has 124 heavy (non-hydrogen) atoms. The smallest absolute Gasteiger partial charge is 0.305 e. The van der Waals surface area contributed by atoms with Crippen LogP contribution < -0.4 is 59.3 Å². The second-order valence-corrected chi connectivity index (χ2v) is 31.7. The highest BCUT2D eigenvalue weighted by Gasteiger charge is 2.48. The van der Waals surface area contributed by atoms with Gasteiger partial charge in [0.2, 0.25) is 65.0 Å². The number of aromatic amines is 1. The SMILES string of the molecule is C[C@@H](O)[C@H](NC(=O)CNC(=O)[C@H](CCC(=O)O)NC(=O)[C@]1(C)CCCN1C(=O)C(N)Cc1c[nH]cn1)C(=O)NC(C)(Cc1ccccc1F)C(=O)N[C@H](C(=O)N[C@@H](CO)C(=O)N[C@@H](CC(=O)O)C(=O)N[C@@H](Cc1ccc(-c2ccccc2)cc1)C(=O)N[C@@H](Cc1ccc(-n2cc(CCCCCCCCCCCCCCCC(=O)O)nn2)cc1)C(N)=O)[C@@H](C)O. The zero-order chi connectivity index (χ0) is 90.6. The van der Waals surface area contributed by atoms with Crippen LogP contribution in [0.5, 0.6) is 0 Å². The topological polar surface area (TPSA) is 583 Å². The van der Waals surface area contributed by atoms with Crippen molar-refractivity contribution in [1.82, 2.24) is 77.7 Å². The van der Waals surface area contributed by atoms with E-state index < -0.39 is 199 Å². The first-order chi connectivity index (χ1) is 59.1. The molecule has 20 N–H and O–H groups in total. The normalized spacial score (nSPS) is 16.0. The van der Waals surface area contributed by atoms with Crippen molar-refractivity contribution in [3.63, 3.8) is 0 Å². The molecule has 38 heteroatoms. The summed E-state index contributed by atoms with van der Waals surface area (Å²) < 4.78 is 17.2. The number of aliphatic hydroxyl groups is 3. The number of aromatic nitrogens is 5. The summed E-state index contributed by atoms with van der Waals surface area (Å²) in [5.41, 5.74) is 12.5. The second-order valence-electron chi connectivity index (χ2n) is 31.7. The molecule has 3 heterocycles. The maximum Gasteiger partial charge on any atom is 0.305 e. The third-order valence-electron chi connectivity index (χ3n) is 21.6. The molecule has 1 aliphatic heterocycles. The van der Waals surface area contributed by atoms with Crippen LogP contribution in [0.1, 0.15) is 178 Å². The summed E-state index contributed by atoms with van der Waals surface area (Å²) in [7, 11) is 0. The number of primary amides is 1. The Labute approximate surface area is 716 Å². The molecule has 0 aliphatic carbocycles. The minimum absolute atomic E-state index is 0.0264. The van der Waals surface area contributed by atoms with Gasteiger partial charge >= 0.3 is 17.9 Å². The fourth-order valence-electron chi connectivity index (χ4n) is 14.4. The van der Waals surface area contributed by atoms with E-state index in [1.165, 1.54) is 68.5 Å². The summed E-state index contributed by atoms with van der Waals surface area (Å²) in [4.78, 5) is 198. The van der Waals surface area contributed by atoms with Gasteiger partial charge in [0.05, 0.1) is 67.4 Å². The number of imidazole rings is 1. The van der Waals surface area contributed by atoms with Gasteiger partial charge in [-0.3, -0.25) is 67.1 Å². The minimum atomic E-state index is -2.43. The number of amides is 11. The van der Waals surface area contributed by atoms with Gasteiger partial charge in [-0.25, -0.2) is 14.1 Å². The van der Waals surface area contributed by atoms with Crippen molar-refractivity contribution in [2.24, 2.45) is 11.5 Å². The number of aliphatic hydroxyl groups excluding tert-OH is 3. The average molecular weight is 1730 g/mol. The van der Waals surface area contributed by atoms with Crippen molar-refractivity contribution in [2.75, 3.05) is 19.7 Å². The maximum atomic E-state index is 15.6. The van der Waals surface area contributed by atoms with Gasteiger partial charge in [0.1, 0.15) is 59.2 Å². The Morgan fingerprint density at radius 1 is 0.581 bits per heavy atom. The van der Waals surface area contributed by atoms with Gasteiger partial charge in [-0.15, -0.1) is 5.10 Å². The van der Waals surface area contributed by atoms with Crippen molar-refractivity contribution in [3.05, 3.63) is 156 Å². The highest BCUT2D eigenvalue weighted by Crippen LogP contribution is 2.31. The number of nitrogens with zero attached hydrogens (tertiary/aromatic N) is 5. The number of aliphatic carboxylic acids is 3. The van der Waals surface area contributed by atoms with Crippen molar-refractivity contribution < 1.29 is 102 Å². The van der Waals surface area contributed by atoms with Gasteiger partial charge in [-0.1, -0.05) is 161 Å². The van der Waals surface area contributed by atoms with E-state index in [4.69, 9.17) is 16.6 Å². The molecule has 2 unspecified atom stereocenters. The van der Waals surface area contributed by atoms with Crippen LogP contribution >= 0.6 is 0 Å². The van der Waals surface area contributed by atoms with Crippen molar-refractivity contribution in [2.45, 2.75) is 253 Å². The molecule has 2 aromatic heterocycles. The number of carbonyl (C=O) groups excluding carboxylic acids is 11. The predicted octanol–water partition coefficient (Wildman–Crippen LogP) is 1.83. The minimum Gasteiger partial charge on any atom is -0.481 e. The molecular formula is C86H116FN17O20. The lowest BCUT2D eigenvalue weighted by molar-refractivity contribution is -0.146. The van der Waals surface area contributed by atoms with Crippen LogP contribution in [0.25, 0.3) is 16.8 Å². The third-order valence-corrected chi connectivity index (χ3v) is 21.6. The van der Waals surface area contributed by atoms with Gasteiger partial charge in [0, 0.05) is 51.3 Å². The first kappa shape index (κ1) is 98.7. The Hall–Kier alpha value is -12.4. The first-order valence-electron chi connectivity index (χ1n) is 41.7. The van der Waals surface area contributed by atoms with Crippen LogP contribution in [0.4, 0.5) is 4.39 Å². The zero-order valence-corrected chi connectivity index (χ0v) is 70.1. The van der Waals surface area contributed by atoms with E-state index >= 15 is 4.39 Å². The molecule has 7 rings (SSSR count). The van der Waals surface area contributed by atoms with E-state index in [1.807, 2.05) is 36.5 Å². The van der Waals surface area contributed by atoms with E-state index in [0.717, 1.165) is 101 Å². The number of likely N-dealkylation sites (tertiary alicyclic amines) is 1. The summed E-state index contributed by atoms with van der Waals surface area (Å²) in [5, 5.41) is 90.8. The standard InChI is InChI=1S/C86H116FN17O20/c1-52(106)73(99-83(123)85(3,46-58-26-21-22-28-62(58)87)100-81(121)74(53(2)107)98-69(108)48-91-76(116)64(38-39-71(111)112)97-84(124)86(4)40-23-41-103(86)82(122)63(88)44-60-47-90-51-92-60)80(120)96-68(50-105)79(119)95-67(45-72(113)114)78(118)94-66(43-54-30-34-57(35-31-54)56-24-17-16-18-25-56)77(117)93-65(75(89)115)42-55-32-36-61(37-33-55)104-49-59(101-102-104)27-19-14-12-10-8-6-5-7-9-11-13-15-20-29-70(109)110/h16-18,21-22,24-26,28,30-37,47,49,51-53,63-68,73-74,105-107H,5-15,19-20,23,27,29,38-46,48,50,88H2,1-4H3,(H2,89,115)(H,90,92)(H,91,116)(H,93,117)(H,94,118)(H,95,119)(H,96,120)(H,97,124)(H,98,108)(H,99,123)(H,100,121)(H,109,110)(H,111,112)(H,113,114)/t52-,53-,63?,64+,65+,66+,67+,68+,73+,74+,85?,86+/m1/s1. The van der Waals surface area contributed by atoms with Gasteiger partial charge < -0.3 is 99.8 Å². The lowest BCUT2D eigenvalue weighted by Gasteiger charge is -2.36. The zero-order valence-electron chi connectivity index (χ0n) is 70.1. The Balaban J connectivity index is 0.985. The molecule has 4 aromatic carbocycles. The van der Waals surface area contributed by atoms with E-state index in [-0.39, 0.29) is 44.2 Å². The molecule has 0 spiro atoms. The molecule has 1 fully saturated rings. The lowest BCUT2D eigenvalue weighted by Crippen LogP contribution is -2.67. The summed E-state index contributed by atoms with van der Waals surface area (Å²) >= 11 is 0. The Bertz CT molecular complexity index is 4580. The molecule has 0 radical (unpaired) electrons. The van der Waals surface area contributed by atoms with Crippen LogP contribution in [0.3, 0.4) is 0 Å². The lowest BCUT2D eigenvalue weighted by atomic mass is 9.90. The molecule has 672 valence electrons. The van der Waals surface area contributed by atoms with Crippen LogP contribution in [0.2, 0.25) is 0 Å². The van der Waals surface area contributed by atoms with Crippen LogP contribution in [-0.2, 0) is 99.2 Å². The van der Waals surface area contributed by atoms with E-state index in [0.29, 0.717) is 28.9 Å². The predicted molar refractivity (Wildman–Crippen MR) is 448 cm³/mol. The average Bonchev–Trinajstić information content (AvgIpc) is 1.60. The number of rotatable bonds is 54. The third kappa shape index (κ3) is 31.2. The number of nitrogens with two attached hydrogens (primary N) is 2. The summed E-state index contributed by atoms with van der Waals surface area (Å²) in [6.07, 6.45) is 13.1. The fraction of sp³-hybridized carbons (Fsp3) is 0.500. The van der Waals surface area contributed by atoms with Gasteiger partial charge in [-0.05, 0) is 112 Å². The first-order valence-corrected chi connectivity index (χ1v) is 41.7. The number of unbranched alkanes of at least 4 members (excludes halogenated alkanes) is 12. The Morgan fingerprint density at radius 3 is 1.70 bits per heavy atom. The van der Waals surface area contributed by atoms with Crippen molar-refractivity contribution in [3.8, 4) is 16.8 Å². The summed E-state index contributed by atoms with van der Waals surface area (Å²) in [5.74, 6) is -17.1. The van der Waals surface area contributed by atoms with Crippen LogP contribution in [0, 0.1) is 5.82 Å². The number of hydrogen-bond acceptors (Lipinski definition) is 21. The molecule has 6 aromatic rings. The second kappa shape index (κ2) is 49.0. The number of H-pyrrole nitrogens is 1. The Morgan fingerprint density at radius 2 is 1.12 bits per heavy atom. The van der Waals surface area contributed by atoms with E-state index in [2.05, 4.69) is 68.1 Å². The number of carboxylic acids is 3. The van der Waals surface area contributed by atoms with Crippen molar-refractivity contribution >= 4 is 82.9 Å². The van der Waals surface area contributed by atoms with E-state index in [1.54, 1.807) is 59.4 Å². The molecule has 12 atom stereocenters. The maximum absolute atomic E-state index is 15.6.